The van der Waals surface area contributed by atoms with Crippen molar-refractivity contribution in [3.05, 3.63) is 0 Å². The van der Waals surface area contributed by atoms with E-state index in [-0.39, 0.29) is 18.4 Å². The summed E-state index contributed by atoms with van der Waals surface area (Å²) in [5, 5.41) is 9.39. The number of carboxylic acids is 1. The lowest BCUT2D eigenvalue weighted by molar-refractivity contribution is -0.160. The van der Waals surface area contributed by atoms with Gasteiger partial charge in [0.15, 0.2) is 0 Å². The van der Waals surface area contributed by atoms with Crippen molar-refractivity contribution in [2.45, 2.75) is 77.8 Å². The maximum Gasteiger partial charge on any atom is 0.310 e. The minimum atomic E-state index is -0.788. The molecular weight excluding hydrogens is 254 g/mol. The van der Waals surface area contributed by atoms with Crippen LogP contribution in [0.25, 0.3) is 0 Å². The average Bonchev–Trinajstić information content (AvgIpc) is 3.16. The molecule has 2 rings (SSSR count). The van der Waals surface area contributed by atoms with Gasteiger partial charge in [0.2, 0.25) is 5.91 Å². The molecule has 0 aromatic carbocycles. The van der Waals surface area contributed by atoms with Gasteiger partial charge in [0, 0.05) is 18.5 Å². The summed E-state index contributed by atoms with van der Waals surface area (Å²) in [5.74, 6) is -0.270. The van der Waals surface area contributed by atoms with Gasteiger partial charge in [-0.05, 0) is 38.5 Å². The summed E-state index contributed by atoms with van der Waals surface area (Å²) in [6.07, 6.45) is 5.64. The summed E-state index contributed by atoms with van der Waals surface area (Å²) in [4.78, 5) is 26.1. The zero-order valence-corrected chi connectivity index (χ0v) is 12.9. The van der Waals surface area contributed by atoms with Crippen LogP contribution < -0.4 is 0 Å². The van der Waals surface area contributed by atoms with Crippen molar-refractivity contribution in [3.63, 3.8) is 0 Å². The van der Waals surface area contributed by atoms with Crippen molar-refractivity contribution < 1.29 is 14.7 Å². The SMILES string of the molecule is CCC(C)C(C)N(C(=O)CC1(C(=O)O)CCC1)C1CC1. The van der Waals surface area contributed by atoms with Crippen LogP contribution in [0.15, 0.2) is 0 Å². The van der Waals surface area contributed by atoms with E-state index in [0.29, 0.717) is 24.8 Å². The highest BCUT2D eigenvalue weighted by atomic mass is 16.4. The molecular formula is C16H27NO3. The Bertz CT molecular complexity index is 385. The topological polar surface area (TPSA) is 57.6 Å². The molecule has 0 aliphatic heterocycles. The van der Waals surface area contributed by atoms with E-state index in [4.69, 9.17) is 0 Å². The van der Waals surface area contributed by atoms with E-state index in [1.807, 2.05) is 4.90 Å². The fraction of sp³-hybridized carbons (Fsp3) is 0.875. The van der Waals surface area contributed by atoms with Gasteiger partial charge in [0.25, 0.3) is 0 Å². The predicted octanol–water partition coefficient (Wildman–Crippen LogP) is 3.06. The van der Waals surface area contributed by atoms with E-state index in [1.165, 1.54) is 0 Å². The van der Waals surface area contributed by atoms with Crippen molar-refractivity contribution in [1.82, 2.24) is 4.90 Å². The molecule has 4 nitrogen and oxygen atoms in total. The lowest BCUT2D eigenvalue weighted by Crippen LogP contribution is -2.48. The number of aliphatic carboxylic acids is 1. The number of amides is 1. The Morgan fingerprint density at radius 2 is 1.90 bits per heavy atom. The zero-order valence-electron chi connectivity index (χ0n) is 12.9. The molecule has 1 N–H and O–H groups in total. The summed E-state index contributed by atoms with van der Waals surface area (Å²) in [6, 6.07) is 0.573. The second-order valence-corrected chi connectivity index (χ2v) is 6.77. The molecule has 20 heavy (non-hydrogen) atoms. The Balaban J connectivity index is 2.06. The summed E-state index contributed by atoms with van der Waals surface area (Å²) in [6.45, 7) is 6.42. The Morgan fingerprint density at radius 1 is 1.30 bits per heavy atom. The Labute approximate surface area is 121 Å². The summed E-state index contributed by atoms with van der Waals surface area (Å²) in [7, 11) is 0. The molecule has 2 fully saturated rings. The van der Waals surface area contributed by atoms with Crippen LogP contribution in [-0.4, -0.2) is 34.0 Å². The van der Waals surface area contributed by atoms with Gasteiger partial charge in [-0.15, -0.1) is 0 Å². The van der Waals surface area contributed by atoms with E-state index in [9.17, 15) is 14.7 Å². The number of rotatable bonds is 7. The highest BCUT2D eigenvalue weighted by Crippen LogP contribution is 2.45. The van der Waals surface area contributed by atoms with Crippen molar-refractivity contribution in [2.75, 3.05) is 0 Å². The lowest BCUT2D eigenvalue weighted by atomic mass is 9.66. The van der Waals surface area contributed by atoms with Crippen molar-refractivity contribution in [3.8, 4) is 0 Å². The number of carboxylic acid groups (broad SMARTS) is 1. The highest BCUT2D eigenvalue weighted by Gasteiger charge is 2.48. The summed E-state index contributed by atoms with van der Waals surface area (Å²) in [5.41, 5.74) is -0.764. The first kappa shape index (κ1) is 15.3. The van der Waals surface area contributed by atoms with Crippen LogP contribution in [0.1, 0.15) is 65.7 Å². The second-order valence-electron chi connectivity index (χ2n) is 6.77. The van der Waals surface area contributed by atoms with E-state index < -0.39 is 11.4 Å². The fourth-order valence-electron chi connectivity index (χ4n) is 3.18. The summed E-state index contributed by atoms with van der Waals surface area (Å²) < 4.78 is 0. The Kier molecular flexibility index (Phi) is 4.40. The first-order valence-electron chi connectivity index (χ1n) is 7.96. The van der Waals surface area contributed by atoms with Gasteiger partial charge in [0.1, 0.15) is 0 Å². The van der Waals surface area contributed by atoms with E-state index in [0.717, 1.165) is 25.7 Å². The van der Waals surface area contributed by atoms with E-state index in [1.54, 1.807) is 0 Å². The molecule has 1 amide bonds. The molecule has 2 aliphatic rings. The van der Waals surface area contributed by atoms with Crippen molar-refractivity contribution >= 4 is 11.9 Å². The van der Waals surface area contributed by atoms with Gasteiger partial charge >= 0.3 is 5.97 Å². The molecule has 0 bridgehead atoms. The third-order valence-corrected chi connectivity index (χ3v) is 5.39. The van der Waals surface area contributed by atoms with Gasteiger partial charge in [-0.2, -0.15) is 0 Å². The van der Waals surface area contributed by atoms with Gasteiger partial charge in [-0.25, -0.2) is 0 Å². The molecule has 0 aromatic rings. The quantitative estimate of drug-likeness (QED) is 0.780. The van der Waals surface area contributed by atoms with Crippen LogP contribution in [0.4, 0.5) is 0 Å². The van der Waals surface area contributed by atoms with Crippen molar-refractivity contribution in [2.24, 2.45) is 11.3 Å². The minimum absolute atomic E-state index is 0.0578. The molecule has 4 heteroatoms. The summed E-state index contributed by atoms with van der Waals surface area (Å²) >= 11 is 0. The normalized spacial score (nSPS) is 23.6. The van der Waals surface area contributed by atoms with Crippen LogP contribution in [0.3, 0.4) is 0 Å². The Morgan fingerprint density at radius 3 is 2.25 bits per heavy atom. The van der Waals surface area contributed by atoms with Crippen LogP contribution >= 0.6 is 0 Å². The molecule has 2 unspecified atom stereocenters. The van der Waals surface area contributed by atoms with Gasteiger partial charge < -0.3 is 10.0 Å². The minimum Gasteiger partial charge on any atom is -0.481 e. The number of nitrogens with zero attached hydrogens (tertiary/aromatic N) is 1. The van der Waals surface area contributed by atoms with E-state index in [2.05, 4.69) is 20.8 Å². The first-order valence-corrected chi connectivity index (χ1v) is 7.96. The molecule has 0 aromatic heterocycles. The monoisotopic (exact) mass is 281 g/mol. The largest absolute Gasteiger partial charge is 0.481 e. The highest BCUT2D eigenvalue weighted by molar-refractivity contribution is 5.86. The van der Waals surface area contributed by atoms with Gasteiger partial charge in [-0.3, -0.25) is 9.59 Å². The third kappa shape index (κ3) is 2.84. The van der Waals surface area contributed by atoms with Crippen molar-refractivity contribution in [1.29, 1.82) is 0 Å². The average molecular weight is 281 g/mol. The second kappa shape index (κ2) is 5.74. The predicted molar refractivity (Wildman–Crippen MR) is 77.3 cm³/mol. The van der Waals surface area contributed by atoms with Crippen LogP contribution in [-0.2, 0) is 9.59 Å². The molecule has 2 atom stereocenters. The van der Waals surface area contributed by atoms with E-state index >= 15 is 0 Å². The number of carbonyl (C=O) groups is 2. The van der Waals surface area contributed by atoms with Crippen LogP contribution in [0.5, 0.6) is 0 Å². The van der Waals surface area contributed by atoms with Crippen LogP contribution in [0, 0.1) is 11.3 Å². The standard InChI is InChI=1S/C16H27NO3/c1-4-11(2)12(3)17(13-6-7-13)14(18)10-16(15(19)20)8-5-9-16/h11-13H,4-10H2,1-3H3,(H,19,20). The van der Waals surface area contributed by atoms with Crippen LogP contribution in [0.2, 0.25) is 0 Å². The molecule has 114 valence electrons. The lowest BCUT2D eigenvalue weighted by Gasteiger charge is -2.40. The number of carbonyl (C=O) groups excluding carboxylic acids is 1. The molecule has 2 aliphatic carbocycles. The fourth-order valence-corrected chi connectivity index (χ4v) is 3.18. The molecule has 0 radical (unpaired) electrons. The number of hydrogen-bond donors (Lipinski definition) is 1. The maximum atomic E-state index is 12.7. The number of hydrogen-bond acceptors (Lipinski definition) is 2. The maximum absolute atomic E-state index is 12.7. The third-order valence-electron chi connectivity index (χ3n) is 5.39. The van der Waals surface area contributed by atoms with Gasteiger partial charge in [-0.1, -0.05) is 26.7 Å². The molecule has 0 heterocycles. The first-order chi connectivity index (χ1) is 9.41. The smallest absolute Gasteiger partial charge is 0.310 e. The molecule has 2 saturated carbocycles. The van der Waals surface area contributed by atoms with Gasteiger partial charge in [0.05, 0.1) is 5.41 Å². The zero-order chi connectivity index (χ0) is 14.9. The molecule has 0 saturated heterocycles. The molecule has 0 spiro atoms. The Hall–Kier alpha value is -1.06.